The molecule has 0 saturated carbocycles. The summed E-state index contributed by atoms with van der Waals surface area (Å²) >= 11 is 0. The van der Waals surface area contributed by atoms with Crippen molar-refractivity contribution in [2.24, 2.45) is 0 Å². The number of rotatable bonds is 4. The number of hydrogen-bond donors (Lipinski definition) is 1. The summed E-state index contributed by atoms with van der Waals surface area (Å²) in [6.45, 7) is 2.78. The lowest BCUT2D eigenvalue weighted by atomic mass is 10.1. The first-order valence-corrected chi connectivity index (χ1v) is 6.70. The van der Waals surface area contributed by atoms with Gasteiger partial charge in [-0.1, -0.05) is 17.9 Å². The molecule has 110 valence electrons. The molecule has 0 atom stereocenters. The van der Waals surface area contributed by atoms with Crippen LogP contribution >= 0.6 is 0 Å². The molecule has 0 aliphatic carbocycles. The first kappa shape index (κ1) is 15.3. The number of aryl methyl sites for hydroxylation is 1. The largest absolute Gasteiger partial charge is 0.465 e. The topological polar surface area (TPSA) is 36.6 Å². The summed E-state index contributed by atoms with van der Waals surface area (Å²) in [5.41, 5.74) is 1.17. The van der Waals surface area contributed by atoms with Crippen molar-refractivity contribution in [2.45, 2.75) is 20.0 Å². The molecule has 0 aliphatic heterocycles. The van der Waals surface area contributed by atoms with Gasteiger partial charge in [-0.2, -0.15) is 0 Å². The minimum absolute atomic E-state index is 0.228. The van der Waals surface area contributed by atoms with Crippen molar-refractivity contribution < 1.29 is 13.9 Å². The van der Waals surface area contributed by atoms with Crippen LogP contribution in [0.3, 0.4) is 0 Å². The second-order valence-corrected chi connectivity index (χ2v) is 4.95. The quantitative estimate of drug-likeness (QED) is 0.878. The summed E-state index contributed by atoms with van der Waals surface area (Å²) in [5, 5.41) is 8.63. The van der Waals surface area contributed by atoms with Crippen molar-refractivity contribution in [1.29, 1.82) is 0 Å². The Morgan fingerprint density at radius 2 is 2.05 bits per heavy atom. The van der Waals surface area contributed by atoms with E-state index in [4.69, 9.17) is 9.52 Å². The summed E-state index contributed by atoms with van der Waals surface area (Å²) in [5.74, 6) is 6.64. The fourth-order valence-electron chi connectivity index (χ4n) is 2.08. The van der Waals surface area contributed by atoms with Gasteiger partial charge in [-0.25, -0.2) is 4.39 Å². The lowest BCUT2D eigenvalue weighted by molar-refractivity contribution is 0.281. The molecule has 0 saturated heterocycles. The standard InChI is InChI=1S/C17H18FNO2/c1-13-5-8-16(21-13)12-19(2)11-15-7-6-14(4-3-9-20)10-17(15)18/h5-8,10,20H,9,11-12H2,1-2H3. The van der Waals surface area contributed by atoms with Crippen LogP contribution in [0.5, 0.6) is 0 Å². The molecule has 1 aromatic heterocycles. The third-order valence-corrected chi connectivity index (χ3v) is 3.03. The molecule has 0 radical (unpaired) electrons. The highest BCUT2D eigenvalue weighted by atomic mass is 19.1. The van der Waals surface area contributed by atoms with Gasteiger partial charge in [0, 0.05) is 17.7 Å². The van der Waals surface area contributed by atoms with Crippen LogP contribution < -0.4 is 0 Å². The molecule has 0 aliphatic rings. The summed E-state index contributed by atoms with van der Waals surface area (Å²) in [6.07, 6.45) is 0. The van der Waals surface area contributed by atoms with Gasteiger partial charge < -0.3 is 9.52 Å². The third kappa shape index (κ3) is 4.45. The van der Waals surface area contributed by atoms with Crippen molar-refractivity contribution in [3.63, 3.8) is 0 Å². The molecule has 21 heavy (non-hydrogen) atoms. The minimum atomic E-state index is -0.290. The first-order valence-electron chi connectivity index (χ1n) is 6.70. The second-order valence-electron chi connectivity index (χ2n) is 4.95. The van der Waals surface area contributed by atoms with Crippen LogP contribution in [0.2, 0.25) is 0 Å². The molecule has 2 aromatic rings. The summed E-state index contributed by atoms with van der Waals surface area (Å²) < 4.78 is 19.5. The van der Waals surface area contributed by atoms with E-state index >= 15 is 0 Å². The Bertz CT molecular complexity index is 667. The molecule has 0 bridgehead atoms. The zero-order valence-corrected chi connectivity index (χ0v) is 12.2. The van der Waals surface area contributed by atoms with E-state index in [1.54, 1.807) is 12.1 Å². The summed E-state index contributed by atoms with van der Waals surface area (Å²) in [4.78, 5) is 1.98. The van der Waals surface area contributed by atoms with E-state index in [0.717, 1.165) is 11.5 Å². The molecule has 4 heteroatoms. The van der Waals surface area contributed by atoms with Crippen LogP contribution in [0.4, 0.5) is 4.39 Å². The zero-order chi connectivity index (χ0) is 15.2. The highest BCUT2D eigenvalue weighted by molar-refractivity contribution is 5.37. The fraction of sp³-hybridized carbons (Fsp3) is 0.294. The Labute approximate surface area is 124 Å². The molecule has 0 fully saturated rings. The predicted molar refractivity (Wildman–Crippen MR) is 79.0 cm³/mol. The average molecular weight is 287 g/mol. The van der Waals surface area contributed by atoms with Gasteiger partial charge in [0.25, 0.3) is 0 Å². The number of furan rings is 1. The molecule has 3 nitrogen and oxygen atoms in total. The Morgan fingerprint density at radius 1 is 1.24 bits per heavy atom. The first-order chi connectivity index (χ1) is 10.1. The Balaban J connectivity index is 2.02. The van der Waals surface area contributed by atoms with Gasteiger partial charge in [0.15, 0.2) is 0 Å². The molecule has 1 aromatic carbocycles. The van der Waals surface area contributed by atoms with Gasteiger partial charge in [0.05, 0.1) is 6.54 Å². The lowest BCUT2D eigenvalue weighted by Gasteiger charge is -2.15. The number of hydrogen-bond acceptors (Lipinski definition) is 3. The van der Waals surface area contributed by atoms with Crippen LogP contribution in [0.25, 0.3) is 0 Å². The van der Waals surface area contributed by atoms with E-state index in [2.05, 4.69) is 11.8 Å². The zero-order valence-electron chi connectivity index (χ0n) is 12.2. The molecular weight excluding hydrogens is 269 g/mol. The van der Waals surface area contributed by atoms with Crippen LogP contribution in [-0.4, -0.2) is 23.7 Å². The molecule has 0 spiro atoms. The van der Waals surface area contributed by atoms with E-state index < -0.39 is 0 Å². The van der Waals surface area contributed by atoms with Crippen molar-refractivity contribution in [2.75, 3.05) is 13.7 Å². The van der Waals surface area contributed by atoms with Gasteiger partial charge in [-0.05, 0) is 38.2 Å². The number of aliphatic hydroxyl groups is 1. The van der Waals surface area contributed by atoms with Crippen LogP contribution in [0.1, 0.15) is 22.6 Å². The van der Waals surface area contributed by atoms with E-state index in [1.807, 2.05) is 31.0 Å². The van der Waals surface area contributed by atoms with Gasteiger partial charge in [-0.15, -0.1) is 0 Å². The molecule has 1 N–H and O–H groups in total. The smallest absolute Gasteiger partial charge is 0.128 e. The predicted octanol–water partition coefficient (Wildman–Crippen LogP) is 2.70. The van der Waals surface area contributed by atoms with Crippen molar-refractivity contribution in [1.82, 2.24) is 4.90 Å². The maximum Gasteiger partial charge on any atom is 0.128 e. The molecule has 1 heterocycles. The number of halogens is 1. The fourth-order valence-corrected chi connectivity index (χ4v) is 2.08. The number of nitrogens with zero attached hydrogens (tertiary/aromatic N) is 1. The number of aliphatic hydroxyl groups excluding tert-OH is 1. The van der Waals surface area contributed by atoms with E-state index in [9.17, 15) is 4.39 Å². The number of benzene rings is 1. The van der Waals surface area contributed by atoms with Crippen molar-refractivity contribution in [3.8, 4) is 11.8 Å². The van der Waals surface area contributed by atoms with Crippen LogP contribution in [0.15, 0.2) is 34.7 Å². The monoisotopic (exact) mass is 287 g/mol. The van der Waals surface area contributed by atoms with Crippen molar-refractivity contribution >= 4 is 0 Å². The maximum atomic E-state index is 14.0. The van der Waals surface area contributed by atoms with E-state index in [-0.39, 0.29) is 12.4 Å². The van der Waals surface area contributed by atoms with Gasteiger partial charge >= 0.3 is 0 Å². The minimum Gasteiger partial charge on any atom is -0.465 e. The molecule has 0 unspecified atom stereocenters. The lowest BCUT2D eigenvalue weighted by Crippen LogP contribution is -2.17. The summed E-state index contributed by atoms with van der Waals surface area (Å²) in [7, 11) is 1.91. The molecule has 2 rings (SSSR count). The van der Waals surface area contributed by atoms with Gasteiger partial charge in [0.1, 0.15) is 23.9 Å². The van der Waals surface area contributed by atoms with Crippen LogP contribution in [0, 0.1) is 24.6 Å². The van der Waals surface area contributed by atoms with Crippen molar-refractivity contribution in [3.05, 3.63) is 58.8 Å². The average Bonchev–Trinajstić information content (AvgIpc) is 2.84. The molecular formula is C17H18FNO2. The SMILES string of the molecule is Cc1ccc(CN(C)Cc2ccc(C#CCO)cc2F)o1. The van der Waals surface area contributed by atoms with E-state index in [1.165, 1.54) is 6.07 Å². The highest BCUT2D eigenvalue weighted by Gasteiger charge is 2.08. The summed E-state index contributed by atoms with van der Waals surface area (Å²) in [6, 6.07) is 8.71. The Kier molecular flexibility index (Phi) is 5.15. The van der Waals surface area contributed by atoms with E-state index in [0.29, 0.717) is 24.2 Å². The Hall–Kier alpha value is -2.09. The van der Waals surface area contributed by atoms with Crippen LogP contribution in [-0.2, 0) is 13.1 Å². The third-order valence-electron chi connectivity index (χ3n) is 3.03. The van der Waals surface area contributed by atoms with Gasteiger partial charge in [-0.3, -0.25) is 4.90 Å². The van der Waals surface area contributed by atoms with Gasteiger partial charge in [0.2, 0.25) is 0 Å². The maximum absolute atomic E-state index is 14.0. The second kappa shape index (κ2) is 7.07. The molecule has 0 amide bonds. The highest BCUT2D eigenvalue weighted by Crippen LogP contribution is 2.14. The Morgan fingerprint density at radius 3 is 2.67 bits per heavy atom. The normalized spacial score (nSPS) is 10.5.